The first-order valence-corrected chi connectivity index (χ1v) is 6.59. The van der Waals surface area contributed by atoms with Gasteiger partial charge in [0.05, 0.1) is 0 Å². The Morgan fingerprint density at radius 1 is 1.30 bits per heavy atom. The number of rotatable bonds is 4. The number of carboxylic acid groups (broad SMARTS) is 1. The largest absolute Gasteiger partial charge is 0.479 e. The minimum Gasteiger partial charge on any atom is -0.479 e. The number of carboxylic acids is 1. The first-order valence-electron chi connectivity index (χ1n) is 6.59. The Bertz CT molecular complexity index is 636. The third kappa shape index (κ3) is 1.97. The molecule has 1 saturated carbocycles. The van der Waals surface area contributed by atoms with Crippen molar-refractivity contribution in [2.24, 2.45) is 0 Å². The molecule has 6 nitrogen and oxygen atoms in total. The maximum absolute atomic E-state index is 11.3. The third-order valence-corrected chi connectivity index (χ3v) is 3.90. The molecule has 2 atom stereocenters. The molecule has 1 aliphatic rings. The van der Waals surface area contributed by atoms with Gasteiger partial charge in [-0.05, 0) is 42.2 Å². The van der Waals surface area contributed by atoms with E-state index in [4.69, 9.17) is 0 Å². The highest BCUT2D eigenvalue weighted by Gasteiger charge is 2.46. The van der Waals surface area contributed by atoms with E-state index >= 15 is 0 Å². The van der Waals surface area contributed by atoms with Crippen LogP contribution in [0, 0.1) is 0 Å². The molecular formula is C14H16N4O2. The average molecular weight is 272 g/mol. The molecule has 0 bridgehead atoms. The molecule has 20 heavy (non-hydrogen) atoms. The van der Waals surface area contributed by atoms with Gasteiger partial charge in [0.1, 0.15) is 0 Å². The van der Waals surface area contributed by atoms with Crippen LogP contribution in [0.15, 0.2) is 30.3 Å². The molecule has 1 heterocycles. The first-order chi connectivity index (χ1) is 9.51. The summed E-state index contributed by atoms with van der Waals surface area (Å²) in [6.45, 7) is 3.21. The highest BCUT2D eigenvalue weighted by molar-refractivity contribution is 5.75. The predicted molar refractivity (Wildman–Crippen MR) is 71.3 cm³/mol. The van der Waals surface area contributed by atoms with Gasteiger partial charge in [-0.2, -0.15) is 0 Å². The molecule has 104 valence electrons. The van der Waals surface area contributed by atoms with Crippen LogP contribution in [0.1, 0.15) is 43.5 Å². The number of hydrogen-bond donors (Lipinski definition) is 1. The van der Waals surface area contributed by atoms with Crippen molar-refractivity contribution in [2.45, 2.75) is 37.6 Å². The van der Waals surface area contributed by atoms with E-state index in [1.54, 1.807) is 13.8 Å². The molecule has 1 aromatic heterocycles. The summed E-state index contributed by atoms with van der Waals surface area (Å²) in [7, 11) is 0. The number of tetrazole rings is 1. The molecule has 1 aromatic carbocycles. The van der Waals surface area contributed by atoms with E-state index in [9.17, 15) is 9.90 Å². The molecule has 0 amide bonds. The summed E-state index contributed by atoms with van der Waals surface area (Å²) in [5.74, 6) is 0.297. The Balaban J connectivity index is 1.88. The molecule has 6 heteroatoms. The van der Waals surface area contributed by atoms with Crippen molar-refractivity contribution >= 4 is 5.97 Å². The molecular weight excluding hydrogens is 256 g/mol. The van der Waals surface area contributed by atoms with Gasteiger partial charge in [0.25, 0.3) is 0 Å². The van der Waals surface area contributed by atoms with Crippen molar-refractivity contribution in [3.05, 3.63) is 41.7 Å². The number of carbonyl (C=O) groups is 1. The summed E-state index contributed by atoms with van der Waals surface area (Å²) in [5.41, 5.74) is 0.114. The molecule has 0 spiro atoms. The fourth-order valence-electron chi connectivity index (χ4n) is 2.46. The van der Waals surface area contributed by atoms with E-state index in [0.29, 0.717) is 11.7 Å². The standard InChI is InChI=1S/C14H16N4O2/c1-14(2,13(19)20)18-12(15-16-17-18)11-8-10(11)9-6-4-3-5-7-9/h3-7,10-11H,8H2,1-2H3,(H,19,20). The zero-order valence-electron chi connectivity index (χ0n) is 11.4. The zero-order valence-corrected chi connectivity index (χ0v) is 11.4. The summed E-state index contributed by atoms with van der Waals surface area (Å²) in [6.07, 6.45) is 0.958. The van der Waals surface area contributed by atoms with Crippen molar-refractivity contribution in [1.82, 2.24) is 20.2 Å². The maximum Gasteiger partial charge on any atom is 0.331 e. The lowest BCUT2D eigenvalue weighted by Gasteiger charge is -2.20. The maximum atomic E-state index is 11.3. The van der Waals surface area contributed by atoms with Crippen LogP contribution in [0.25, 0.3) is 0 Å². The van der Waals surface area contributed by atoms with Crippen molar-refractivity contribution in [2.75, 3.05) is 0 Å². The van der Waals surface area contributed by atoms with Crippen LogP contribution in [0.3, 0.4) is 0 Å². The molecule has 2 aromatic rings. The Morgan fingerprint density at radius 2 is 2.00 bits per heavy atom. The van der Waals surface area contributed by atoms with Gasteiger partial charge in [0.15, 0.2) is 11.4 Å². The molecule has 2 unspecified atom stereocenters. The Hall–Kier alpha value is -2.24. The SMILES string of the molecule is CC(C)(C(=O)O)n1nnnc1C1CC1c1ccccc1. The number of benzene rings is 1. The van der Waals surface area contributed by atoms with Gasteiger partial charge < -0.3 is 5.11 Å². The molecule has 0 radical (unpaired) electrons. The number of aliphatic carboxylic acids is 1. The summed E-state index contributed by atoms with van der Waals surface area (Å²) >= 11 is 0. The van der Waals surface area contributed by atoms with Gasteiger partial charge >= 0.3 is 5.97 Å². The zero-order chi connectivity index (χ0) is 14.3. The van der Waals surface area contributed by atoms with Gasteiger partial charge in [-0.1, -0.05) is 30.3 Å². The molecule has 1 N–H and O–H groups in total. The van der Waals surface area contributed by atoms with E-state index in [0.717, 1.165) is 6.42 Å². The number of nitrogens with zero attached hydrogens (tertiary/aromatic N) is 4. The van der Waals surface area contributed by atoms with E-state index in [1.165, 1.54) is 10.2 Å². The lowest BCUT2D eigenvalue weighted by Crippen LogP contribution is -2.37. The van der Waals surface area contributed by atoms with Crippen LogP contribution >= 0.6 is 0 Å². The van der Waals surface area contributed by atoms with Gasteiger partial charge in [-0.15, -0.1) is 5.10 Å². The number of aromatic nitrogens is 4. The van der Waals surface area contributed by atoms with E-state index < -0.39 is 11.5 Å². The Labute approximate surface area is 116 Å². The molecule has 0 aliphatic heterocycles. The second-order valence-corrected chi connectivity index (χ2v) is 5.67. The van der Waals surface area contributed by atoms with Crippen LogP contribution < -0.4 is 0 Å². The smallest absolute Gasteiger partial charge is 0.331 e. The van der Waals surface area contributed by atoms with Crippen molar-refractivity contribution in [1.29, 1.82) is 0 Å². The average Bonchev–Trinajstić information content (AvgIpc) is 3.07. The van der Waals surface area contributed by atoms with Crippen LogP contribution in [0.2, 0.25) is 0 Å². The minimum atomic E-state index is -1.14. The van der Waals surface area contributed by atoms with Gasteiger partial charge in [-0.25, -0.2) is 9.48 Å². The molecule has 3 rings (SSSR count). The van der Waals surface area contributed by atoms with Crippen molar-refractivity contribution in [3.63, 3.8) is 0 Å². The van der Waals surface area contributed by atoms with E-state index in [-0.39, 0.29) is 5.92 Å². The highest BCUT2D eigenvalue weighted by atomic mass is 16.4. The summed E-state index contributed by atoms with van der Waals surface area (Å²) in [6, 6.07) is 10.2. The normalized spacial score (nSPS) is 21.7. The summed E-state index contributed by atoms with van der Waals surface area (Å²) in [5, 5.41) is 20.9. The number of hydrogen-bond acceptors (Lipinski definition) is 4. The second-order valence-electron chi connectivity index (χ2n) is 5.67. The fourth-order valence-corrected chi connectivity index (χ4v) is 2.46. The topological polar surface area (TPSA) is 80.9 Å². The van der Waals surface area contributed by atoms with E-state index in [2.05, 4.69) is 27.7 Å². The highest BCUT2D eigenvalue weighted by Crippen LogP contribution is 2.54. The van der Waals surface area contributed by atoms with E-state index in [1.807, 2.05) is 18.2 Å². The van der Waals surface area contributed by atoms with Gasteiger partial charge in [-0.3, -0.25) is 0 Å². The minimum absolute atomic E-state index is 0.200. The monoisotopic (exact) mass is 272 g/mol. The van der Waals surface area contributed by atoms with Gasteiger partial charge in [0, 0.05) is 5.92 Å². The fraction of sp³-hybridized carbons (Fsp3) is 0.429. The second kappa shape index (κ2) is 4.40. The summed E-state index contributed by atoms with van der Waals surface area (Å²) < 4.78 is 1.43. The van der Waals surface area contributed by atoms with Crippen LogP contribution in [-0.4, -0.2) is 31.3 Å². The van der Waals surface area contributed by atoms with Crippen molar-refractivity contribution < 1.29 is 9.90 Å². The van der Waals surface area contributed by atoms with Crippen LogP contribution in [0.5, 0.6) is 0 Å². The quantitative estimate of drug-likeness (QED) is 0.917. The Kier molecular flexibility index (Phi) is 2.81. The third-order valence-electron chi connectivity index (χ3n) is 3.90. The molecule has 0 saturated heterocycles. The van der Waals surface area contributed by atoms with Gasteiger partial charge in [0.2, 0.25) is 0 Å². The van der Waals surface area contributed by atoms with Crippen LogP contribution in [-0.2, 0) is 10.3 Å². The summed E-state index contributed by atoms with van der Waals surface area (Å²) in [4.78, 5) is 11.3. The lowest BCUT2D eigenvalue weighted by atomic mass is 10.1. The lowest BCUT2D eigenvalue weighted by molar-refractivity contribution is -0.146. The van der Waals surface area contributed by atoms with Crippen molar-refractivity contribution in [3.8, 4) is 0 Å². The molecule has 1 aliphatic carbocycles. The molecule has 1 fully saturated rings. The predicted octanol–water partition coefficient (Wildman–Crippen LogP) is 1.76. The van der Waals surface area contributed by atoms with Crippen LogP contribution in [0.4, 0.5) is 0 Å². The first kappa shape index (κ1) is 12.8. The Morgan fingerprint density at radius 3 is 2.65 bits per heavy atom.